The third-order valence-corrected chi connectivity index (χ3v) is 4.30. The SMILES string of the molecule is CC(C)(C)OC(=O)N[C@H](C(=O)O)C(CBr)C1CCCC1. The maximum atomic E-state index is 11.8. The molecule has 20 heavy (non-hydrogen) atoms. The van der Waals surface area contributed by atoms with Crippen molar-refractivity contribution < 1.29 is 19.4 Å². The van der Waals surface area contributed by atoms with E-state index in [1.807, 2.05) is 0 Å². The number of rotatable bonds is 5. The summed E-state index contributed by atoms with van der Waals surface area (Å²) in [6.07, 6.45) is 3.64. The lowest BCUT2D eigenvalue weighted by atomic mass is 9.86. The van der Waals surface area contributed by atoms with Crippen molar-refractivity contribution >= 4 is 28.0 Å². The van der Waals surface area contributed by atoms with E-state index in [9.17, 15) is 14.7 Å². The summed E-state index contributed by atoms with van der Waals surface area (Å²) in [4.78, 5) is 23.3. The normalized spacial score (nSPS) is 19.4. The van der Waals surface area contributed by atoms with E-state index in [0.717, 1.165) is 25.7 Å². The van der Waals surface area contributed by atoms with Crippen LogP contribution in [0.5, 0.6) is 0 Å². The van der Waals surface area contributed by atoms with Crippen LogP contribution in [0.1, 0.15) is 46.5 Å². The molecule has 1 saturated carbocycles. The van der Waals surface area contributed by atoms with Crippen molar-refractivity contribution in [1.82, 2.24) is 5.32 Å². The minimum atomic E-state index is -1.01. The number of alkyl halides is 1. The first-order chi connectivity index (χ1) is 9.24. The summed E-state index contributed by atoms with van der Waals surface area (Å²) < 4.78 is 5.15. The molecule has 0 saturated heterocycles. The number of amides is 1. The van der Waals surface area contributed by atoms with Gasteiger partial charge in [-0.15, -0.1) is 0 Å². The van der Waals surface area contributed by atoms with Crippen molar-refractivity contribution in [1.29, 1.82) is 0 Å². The van der Waals surface area contributed by atoms with E-state index < -0.39 is 23.7 Å². The number of ether oxygens (including phenoxy) is 1. The van der Waals surface area contributed by atoms with Crippen LogP contribution in [0, 0.1) is 11.8 Å². The molecule has 0 radical (unpaired) electrons. The molecule has 0 bridgehead atoms. The van der Waals surface area contributed by atoms with Crippen LogP contribution in [0.3, 0.4) is 0 Å². The Morgan fingerprint density at radius 3 is 2.30 bits per heavy atom. The number of carboxylic acids is 1. The Hall–Kier alpha value is -0.780. The Kier molecular flexibility index (Phi) is 6.30. The Morgan fingerprint density at radius 2 is 1.90 bits per heavy atom. The van der Waals surface area contributed by atoms with Crippen molar-refractivity contribution in [2.75, 3.05) is 5.33 Å². The number of carbonyl (C=O) groups is 2. The van der Waals surface area contributed by atoms with Crippen LogP contribution in [0.25, 0.3) is 0 Å². The topological polar surface area (TPSA) is 75.6 Å². The molecule has 0 aliphatic heterocycles. The molecule has 0 heterocycles. The zero-order chi connectivity index (χ0) is 15.3. The van der Waals surface area contributed by atoms with Crippen LogP contribution in [-0.2, 0) is 9.53 Å². The van der Waals surface area contributed by atoms with E-state index >= 15 is 0 Å². The summed E-state index contributed by atoms with van der Waals surface area (Å²) in [5, 5.41) is 12.5. The van der Waals surface area contributed by atoms with E-state index in [-0.39, 0.29) is 5.92 Å². The van der Waals surface area contributed by atoms with Gasteiger partial charge in [-0.2, -0.15) is 0 Å². The van der Waals surface area contributed by atoms with Crippen LogP contribution in [0.15, 0.2) is 0 Å². The lowest BCUT2D eigenvalue weighted by Crippen LogP contribution is -2.50. The third-order valence-electron chi connectivity index (χ3n) is 3.55. The smallest absolute Gasteiger partial charge is 0.408 e. The predicted octanol–water partition coefficient (Wildman–Crippen LogP) is 3.17. The molecule has 1 unspecified atom stereocenters. The second kappa shape index (κ2) is 7.29. The third kappa shape index (κ3) is 5.31. The highest BCUT2D eigenvalue weighted by Gasteiger charge is 2.36. The lowest BCUT2D eigenvalue weighted by molar-refractivity contribution is -0.141. The quantitative estimate of drug-likeness (QED) is 0.747. The second-order valence-corrected chi connectivity index (χ2v) is 6.97. The van der Waals surface area contributed by atoms with Crippen molar-refractivity contribution in [2.45, 2.75) is 58.1 Å². The van der Waals surface area contributed by atoms with Gasteiger partial charge in [-0.3, -0.25) is 0 Å². The molecule has 2 N–H and O–H groups in total. The Bertz CT molecular complexity index is 348. The molecule has 1 fully saturated rings. The molecule has 0 spiro atoms. The average Bonchev–Trinajstić information content (AvgIpc) is 2.79. The molecule has 5 nitrogen and oxygen atoms in total. The highest BCUT2D eigenvalue weighted by molar-refractivity contribution is 9.09. The van der Waals surface area contributed by atoms with Gasteiger partial charge in [0.15, 0.2) is 0 Å². The van der Waals surface area contributed by atoms with Crippen molar-refractivity contribution in [3.8, 4) is 0 Å². The van der Waals surface area contributed by atoms with Crippen molar-refractivity contribution in [3.63, 3.8) is 0 Å². The molecule has 1 aliphatic rings. The maximum absolute atomic E-state index is 11.8. The van der Waals surface area contributed by atoms with Gasteiger partial charge in [0.25, 0.3) is 0 Å². The fourth-order valence-corrected chi connectivity index (χ4v) is 3.56. The molecule has 116 valence electrons. The summed E-state index contributed by atoms with van der Waals surface area (Å²) in [5.74, 6) is -0.778. The first kappa shape index (κ1) is 17.3. The summed E-state index contributed by atoms with van der Waals surface area (Å²) in [6.45, 7) is 5.25. The Morgan fingerprint density at radius 1 is 1.35 bits per heavy atom. The molecule has 0 aromatic rings. The molecule has 0 aromatic carbocycles. The fourth-order valence-electron chi connectivity index (χ4n) is 2.66. The van der Waals surface area contributed by atoms with Gasteiger partial charge in [-0.1, -0.05) is 41.6 Å². The minimum Gasteiger partial charge on any atom is -0.480 e. The number of nitrogens with one attached hydrogen (secondary N) is 1. The van der Waals surface area contributed by atoms with Crippen molar-refractivity contribution in [3.05, 3.63) is 0 Å². The molecular formula is C14H24BrNO4. The summed E-state index contributed by atoms with van der Waals surface area (Å²) >= 11 is 3.39. The number of carboxylic acid groups (broad SMARTS) is 1. The van der Waals surface area contributed by atoms with Gasteiger partial charge < -0.3 is 15.2 Å². The average molecular weight is 350 g/mol. The van der Waals surface area contributed by atoms with Crippen molar-refractivity contribution in [2.24, 2.45) is 11.8 Å². The first-order valence-corrected chi connectivity index (χ1v) is 8.15. The zero-order valence-electron chi connectivity index (χ0n) is 12.3. The second-order valence-electron chi connectivity index (χ2n) is 6.32. The lowest BCUT2D eigenvalue weighted by Gasteiger charge is -2.29. The number of aliphatic carboxylic acids is 1. The molecule has 0 aromatic heterocycles. The monoisotopic (exact) mass is 349 g/mol. The molecular weight excluding hydrogens is 326 g/mol. The number of alkyl carbamates (subject to hydrolysis) is 1. The Labute approximate surface area is 128 Å². The number of halogens is 1. The predicted molar refractivity (Wildman–Crippen MR) is 80.0 cm³/mol. The van der Waals surface area contributed by atoms with Gasteiger partial charge in [0.05, 0.1) is 0 Å². The Balaban J connectivity index is 2.71. The van der Waals surface area contributed by atoms with Crippen LogP contribution >= 0.6 is 15.9 Å². The van der Waals surface area contributed by atoms with Gasteiger partial charge in [0.2, 0.25) is 0 Å². The molecule has 1 aliphatic carbocycles. The maximum Gasteiger partial charge on any atom is 0.408 e. The van der Waals surface area contributed by atoms with Gasteiger partial charge in [-0.05, 0) is 26.7 Å². The van der Waals surface area contributed by atoms with E-state index in [2.05, 4.69) is 21.2 Å². The molecule has 1 rings (SSSR count). The van der Waals surface area contributed by atoms with E-state index in [4.69, 9.17) is 4.74 Å². The van der Waals surface area contributed by atoms with Gasteiger partial charge in [0.1, 0.15) is 11.6 Å². The summed E-state index contributed by atoms with van der Waals surface area (Å²) in [6, 6.07) is -0.910. The number of carbonyl (C=O) groups excluding carboxylic acids is 1. The standard InChI is InChI=1S/C14H24BrNO4/c1-14(2,3)20-13(19)16-11(12(17)18)10(8-15)9-6-4-5-7-9/h9-11H,4-8H2,1-3H3,(H,16,19)(H,17,18)/t10?,11-/m0/s1. The van der Waals surface area contributed by atoms with Gasteiger partial charge in [0, 0.05) is 11.2 Å². The van der Waals surface area contributed by atoms with Crippen LogP contribution in [0.4, 0.5) is 4.79 Å². The van der Waals surface area contributed by atoms with Crippen LogP contribution in [0.2, 0.25) is 0 Å². The largest absolute Gasteiger partial charge is 0.480 e. The number of hydrogen-bond acceptors (Lipinski definition) is 3. The summed E-state index contributed by atoms with van der Waals surface area (Å²) in [5.41, 5.74) is -0.635. The van der Waals surface area contributed by atoms with E-state index in [0.29, 0.717) is 11.2 Å². The van der Waals surface area contributed by atoms with Gasteiger partial charge >= 0.3 is 12.1 Å². The molecule has 6 heteroatoms. The molecule has 1 amide bonds. The number of hydrogen-bond donors (Lipinski definition) is 2. The highest BCUT2D eigenvalue weighted by Crippen LogP contribution is 2.34. The van der Waals surface area contributed by atoms with Crippen LogP contribution in [-0.4, -0.2) is 34.1 Å². The van der Waals surface area contributed by atoms with E-state index in [1.165, 1.54) is 0 Å². The van der Waals surface area contributed by atoms with Gasteiger partial charge in [-0.25, -0.2) is 9.59 Å². The fraction of sp³-hybridized carbons (Fsp3) is 0.857. The zero-order valence-corrected chi connectivity index (χ0v) is 13.9. The summed E-state index contributed by atoms with van der Waals surface area (Å²) in [7, 11) is 0. The first-order valence-electron chi connectivity index (χ1n) is 7.03. The van der Waals surface area contributed by atoms with Crippen LogP contribution < -0.4 is 5.32 Å². The van der Waals surface area contributed by atoms with E-state index in [1.54, 1.807) is 20.8 Å². The minimum absolute atomic E-state index is 0.109. The molecule has 2 atom stereocenters. The highest BCUT2D eigenvalue weighted by atomic mass is 79.9.